The van der Waals surface area contributed by atoms with Crippen molar-refractivity contribution in [1.29, 1.82) is 0 Å². The fourth-order valence-corrected chi connectivity index (χ4v) is 1.26. The van der Waals surface area contributed by atoms with Gasteiger partial charge in [-0.3, -0.25) is 0 Å². The zero-order chi connectivity index (χ0) is 9.56. The van der Waals surface area contributed by atoms with Gasteiger partial charge in [-0.2, -0.15) is 0 Å². The van der Waals surface area contributed by atoms with Gasteiger partial charge in [-0.05, 0) is 24.8 Å². The van der Waals surface area contributed by atoms with Gasteiger partial charge in [-0.15, -0.1) is 0 Å². The first-order chi connectivity index (χ1) is 5.61. The molecule has 0 spiro atoms. The minimum Gasteiger partial charge on any atom is -0.310 e. The van der Waals surface area contributed by atoms with Gasteiger partial charge in [-0.1, -0.05) is 32.4 Å². The summed E-state index contributed by atoms with van der Waals surface area (Å²) in [5.74, 6) is 0.693. The lowest BCUT2D eigenvalue weighted by Gasteiger charge is -2.20. The summed E-state index contributed by atoms with van der Waals surface area (Å²) in [5, 5.41) is 3.47. The maximum atomic E-state index is 5.56. The summed E-state index contributed by atoms with van der Waals surface area (Å²) in [6.45, 7) is 9.62. The van der Waals surface area contributed by atoms with E-state index >= 15 is 0 Å². The van der Waals surface area contributed by atoms with Gasteiger partial charge in [0.25, 0.3) is 0 Å². The van der Waals surface area contributed by atoms with Crippen LogP contribution in [0.5, 0.6) is 0 Å². The molecule has 0 aliphatic heterocycles. The SMILES string of the molecule is CCC(NCC(C)=CCl)C(C)C. The lowest BCUT2D eigenvalue weighted by molar-refractivity contribution is 0.401. The Bertz CT molecular complexity index is 141. The summed E-state index contributed by atoms with van der Waals surface area (Å²) in [5.41, 5.74) is 2.83. The van der Waals surface area contributed by atoms with E-state index in [0.717, 1.165) is 6.54 Å². The van der Waals surface area contributed by atoms with Gasteiger partial charge in [0.05, 0.1) is 0 Å². The smallest absolute Gasteiger partial charge is 0.0176 e. The second kappa shape index (κ2) is 6.50. The molecule has 1 unspecified atom stereocenters. The molecule has 0 radical (unpaired) electrons. The fraction of sp³-hybridized carbons (Fsp3) is 0.800. The Hall–Kier alpha value is -0.0100. The Labute approximate surface area is 81.2 Å². The third-order valence-electron chi connectivity index (χ3n) is 2.07. The first-order valence-corrected chi connectivity index (χ1v) is 5.04. The second-order valence-electron chi connectivity index (χ2n) is 3.60. The van der Waals surface area contributed by atoms with Crippen LogP contribution in [0.4, 0.5) is 0 Å². The molecule has 12 heavy (non-hydrogen) atoms. The number of halogens is 1. The molecule has 2 heteroatoms. The van der Waals surface area contributed by atoms with Crippen LogP contribution in [0, 0.1) is 5.92 Å². The van der Waals surface area contributed by atoms with Crippen molar-refractivity contribution in [2.45, 2.75) is 40.2 Å². The van der Waals surface area contributed by atoms with E-state index in [9.17, 15) is 0 Å². The molecule has 0 heterocycles. The second-order valence-corrected chi connectivity index (χ2v) is 3.81. The van der Waals surface area contributed by atoms with Gasteiger partial charge >= 0.3 is 0 Å². The molecule has 1 N–H and O–H groups in total. The van der Waals surface area contributed by atoms with Crippen LogP contribution < -0.4 is 5.32 Å². The molecule has 0 bridgehead atoms. The van der Waals surface area contributed by atoms with Crippen molar-refractivity contribution < 1.29 is 0 Å². The minimum atomic E-state index is 0.608. The molecule has 72 valence electrons. The van der Waals surface area contributed by atoms with Gasteiger partial charge in [0.15, 0.2) is 0 Å². The van der Waals surface area contributed by atoms with Gasteiger partial charge in [0, 0.05) is 18.1 Å². The number of hydrogen-bond donors (Lipinski definition) is 1. The highest BCUT2D eigenvalue weighted by Gasteiger charge is 2.08. The largest absolute Gasteiger partial charge is 0.310 e. The number of hydrogen-bond acceptors (Lipinski definition) is 1. The molecule has 0 fully saturated rings. The number of nitrogens with one attached hydrogen (secondary N) is 1. The molecule has 0 amide bonds. The van der Waals surface area contributed by atoms with Crippen molar-refractivity contribution in [3.8, 4) is 0 Å². The first kappa shape index (κ1) is 12.0. The molecule has 0 aromatic heterocycles. The predicted molar refractivity (Wildman–Crippen MR) is 56.5 cm³/mol. The van der Waals surface area contributed by atoms with E-state index in [0.29, 0.717) is 12.0 Å². The van der Waals surface area contributed by atoms with Gasteiger partial charge in [-0.25, -0.2) is 0 Å². The van der Waals surface area contributed by atoms with Gasteiger partial charge in [0.1, 0.15) is 0 Å². The van der Waals surface area contributed by atoms with E-state index in [1.807, 2.05) is 6.92 Å². The molecular weight excluding hydrogens is 170 g/mol. The van der Waals surface area contributed by atoms with Crippen molar-refractivity contribution in [3.05, 3.63) is 11.1 Å². The molecule has 0 saturated carbocycles. The van der Waals surface area contributed by atoms with Gasteiger partial charge < -0.3 is 5.32 Å². The molecular formula is C10H20ClN. The lowest BCUT2D eigenvalue weighted by Crippen LogP contribution is -2.34. The number of rotatable bonds is 5. The van der Waals surface area contributed by atoms with Crippen LogP contribution in [0.15, 0.2) is 11.1 Å². The van der Waals surface area contributed by atoms with E-state index < -0.39 is 0 Å². The molecule has 1 atom stereocenters. The van der Waals surface area contributed by atoms with Crippen LogP contribution >= 0.6 is 11.6 Å². The Balaban J connectivity index is 3.73. The van der Waals surface area contributed by atoms with E-state index in [1.165, 1.54) is 12.0 Å². The summed E-state index contributed by atoms with van der Waals surface area (Å²) in [6, 6.07) is 0.608. The van der Waals surface area contributed by atoms with Gasteiger partial charge in [0.2, 0.25) is 0 Å². The Morgan fingerprint density at radius 3 is 2.42 bits per heavy atom. The lowest BCUT2D eigenvalue weighted by atomic mass is 10.0. The average molecular weight is 190 g/mol. The van der Waals surface area contributed by atoms with Crippen molar-refractivity contribution in [1.82, 2.24) is 5.32 Å². The van der Waals surface area contributed by atoms with E-state index in [1.54, 1.807) is 5.54 Å². The van der Waals surface area contributed by atoms with E-state index in [4.69, 9.17) is 11.6 Å². The van der Waals surface area contributed by atoms with E-state index in [-0.39, 0.29) is 0 Å². The monoisotopic (exact) mass is 189 g/mol. The predicted octanol–water partition coefficient (Wildman–Crippen LogP) is 3.15. The maximum Gasteiger partial charge on any atom is 0.0176 e. The van der Waals surface area contributed by atoms with Crippen LogP contribution in [-0.4, -0.2) is 12.6 Å². The molecule has 0 aromatic rings. The minimum absolute atomic E-state index is 0.608. The molecule has 0 aromatic carbocycles. The van der Waals surface area contributed by atoms with Crippen molar-refractivity contribution in [2.24, 2.45) is 5.92 Å². The highest BCUT2D eigenvalue weighted by molar-refractivity contribution is 6.25. The maximum absolute atomic E-state index is 5.56. The Morgan fingerprint density at radius 2 is 2.08 bits per heavy atom. The summed E-state index contributed by atoms with van der Waals surface area (Å²) in [6.07, 6.45) is 1.17. The van der Waals surface area contributed by atoms with Crippen LogP contribution in [0.3, 0.4) is 0 Å². The molecule has 0 aliphatic carbocycles. The van der Waals surface area contributed by atoms with Crippen LogP contribution in [0.2, 0.25) is 0 Å². The summed E-state index contributed by atoms with van der Waals surface area (Å²) >= 11 is 5.56. The zero-order valence-corrected chi connectivity index (χ0v) is 9.28. The standard InChI is InChI=1S/C10H20ClN/c1-5-10(8(2)3)12-7-9(4)6-11/h6,8,10,12H,5,7H2,1-4H3. The van der Waals surface area contributed by atoms with Crippen LogP contribution in [0.1, 0.15) is 34.1 Å². The topological polar surface area (TPSA) is 12.0 Å². The average Bonchev–Trinajstić information content (AvgIpc) is 2.04. The van der Waals surface area contributed by atoms with Crippen LogP contribution in [-0.2, 0) is 0 Å². The Morgan fingerprint density at radius 1 is 1.50 bits per heavy atom. The summed E-state index contributed by atoms with van der Waals surface area (Å²) in [4.78, 5) is 0. The first-order valence-electron chi connectivity index (χ1n) is 4.61. The summed E-state index contributed by atoms with van der Waals surface area (Å²) in [7, 11) is 0. The van der Waals surface area contributed by atoms with Crippen LogP contribution in [0.25, 0.3) is 0 Å². The third kappa shape index (κ3) is 4.78. The molecule has 0 aliphatic rings. The third-order valence-corrected chi connectivity index (χ3v) is 2.45. The highest BCUT2D eigenvalue weighted by Crippen LogP contribution is 2.05. The molecule has 1 nitrogen and oxygen atoms in total. The Kier molecular flexibility index (Phi) is 6.49. The zero-order valence-electron chi connectivity index (χ0n) is 8.52. The van der Waals surface area contributed by atoms with Crippen molar-refractivity contribution >= 4 is 11.6 Å². The van der Waals surface area contributed by atoms with E-state index in [2.05, 4.69) is 26.1 Å². The van der Waals surface area contributed by atoms with Crippen molar-refractivity contribution in [2.75, 3.05) is 6.54 Å². The quantitative estimate of drug-likeness (QED) is 0.701. The molecule has 0 saturated heterocycles. The van der Waals surface area contributed by atoms with Crippen molar-refractivity contribution in [3.63, 3.8) is 0 Å². The molecule has 0 rings (SSSR count). The summed E-state index contributed by atoms with van der Waals surface area (Å²) < 4.78 is 0. The highest BCUT2D eigenvalue weighted by atomic mass is 35.5. The fourth-order valence-electron chi connectivity index (χ4n) is 1.18. The normalized spacial score (nSPS) is 15.3.